The molecule has 0 bridgehead atoms. The molecule has 116 valence electrons. The Hall–Kier alpha value is -2.57. The van der Waals surface area contributed by atoms with Gasteiger partial charge in [0.1, 0.15) is 11.4 Å². The number of H-pyrrole nitrogens is 1. The Kier molecular flexibility index (Phi) is 4.35. The lowest BCUT2D eigenvalue weighted by Gasteiger charge is -2.16. The molecule has 0 atom stereocenters. The van der Waals surface area contributed by atoms with Crippen molar-refractivity contribution < 1.29 is 4.79 Å². The van der Waals surface area contributed by atoms with E-state index in [1.807, 2.05) is 27.7 Å². The lowest BCUT2D eigenvalue weighted by Crippen LogP contribution is -2.32. The molecule has 1 amide bonds. The van der Waals surface area contributed by atoms with Crippen LogP contribution in [0, 0.1) is 6.92 Å². The van der Waals surface area contributed by atoms with E-state index in [0.29, 0.717) is 11.5 Å². The van der Waals surface area contributed by atoms with Gasteiger partial charge in [-0.3, -0.25) is 19.6 Å². The zero-order chi connectivity index (χ0) is 16.3. The maximum atomic E-state index is 12.0. The first-order valence-electron chi connectivity index (χ1n) is 6.93. The van der Waals surface area contributed by atoms with E-state index in [2.05, 4.69) is 25.3 Å². The Bertz CT molecular complexity index is 729. The number of rotatable bonds is 3. The Morgan fingerprint density at radius 3 is 2.45 bits per heavy atom. The molecular weight excluding hydrogens is 282 g/mol. The van der Waals surface area contributed by atoms with Crippen LogP contribution in [0.25, 0.3) is 0 Å². The molecule has 0 aliphatic heterocycles. The van der Waals surface area contributed by atoms with E-state index in [4.69, 9.17) is 0 Å². The number of aromatic nitrogens is 4. The van der Waals surface area contributed by atoms with E-state index >= 15 is 0 Å². The highest BCUT2D eigenvalue weighted by molar-refractivity contribution is 5.93. The molecule has 0 unspecified atom stereocenters. The summed E-state index contributed by atoms with van der Waals surface area (Å²) in [5.74, 6) is 0.0510. The van der Waals surface area contributed by atoms with Gasteiger partial charge in [0.15, 0.2) is 0 Å². The normalized spacial score (nSPS) is 11.3. The lowest BCUT2D eigenvalue weighted by molar-refractivity contribution is 0.0948. The van der Waals surface area contributed by atoms with Crippen LogP contribution in [0.3, 0.4) is 0 Å². The minimum absolute atomic E-state index is 0.0203. The van der Waals surface area contributed by atoms with Crippen LogP contribution in [-0.2, 0) is 12.0 Å². The number of aromatic amines is 1. The van der Waals surface area contributed by atoms with E-state index < -0.39 is 11.5 Å². The van der Waals surface area contributed by atoms with E-state index in [-0.39, 0.29) is 17.5 Å². The molecule has 0 aliphatic rings. The van der Waals surface area contributed by atoms with Crippen LogP contribution < -0.4 is 10.9 Å². The van der Waals surface area contributed by atoms with Crippen molar-refractivity contribution >= 4 is 5.91 Å². The van der Waals surface area contributed by atoms with Crippen LogP contribution in [0.2, 0.25) is 0 Å². The first-order valence-corrected chi connectivity index (χ1v) is 6.93. The van der Waals surface area contributed by atoms with E-state index in [9.17, 15) is 9.59 Å². The molecule has 7 heteroatoms. The van der Waals surface area contributed by atoms with Gasteiger partial charge >= 0.3 is 0 Å². The van der Waals surface area contributed by atoms with Crippen molar-refractivity contribution in [3.63, 3.8) is 0 Å². The fourth-order valence-electron chi connectivity index (χ4n) is 1.71. The topological polar surface area (TPSA) is 101 Å². The summed E-state index contributed by atoms with van der Waals surface area (Å²) < 4.78 is 0. The second kappa shape index (κ2) is 6.05. The standard InChI is InChI=1S/C15H19N5O2/c1-9-5-17-10(6-16-9)7-18-12(21)11-8-19-14(15(2,3)4)20-13(11)22/h5-6,8H,7H2,1-4H3,(H,18,21)(H,19,20,22). The molecule has 2 rings (SSSR count). The van der Waals surface area contributed by atoms with Crippen LogP contribution in [0.1, 0.15) is 48.3 Å². The van der Waals surface area contributed by atoms with Gasteiger partial charge in [0, 0.05) is 17.8 Å². The largest absolute Gasteiger partial charge is 0.346 e. The predicted octanol–water partition coefficient (Wildman–Crippen LogP) is 1.10. The average Bonchev–Trinajstić information content (AvgIpc) is 2.45. The van der Waals surface area contributed by atoms with Crippen molar-refractivity contribution in [1.82, 2.24) is 25.3 Å². The SMILES string of the molecule is Cc1cnc(CNC(=O)c2cnc(C(C)(C)C)[nH]c2=O)cn1. The van der Waals surface area contributed by atoms with Gasteiger partial charge in [-0.1, -0.05) is 20.8 Å². The summed E-state index contributed by atoms with van der Waals surface area (Å²) in [6.45, 7) is 7.83. The fraction of sp³-hybridized carbons (Fsp3) is 0.400. The molecule has 2 aromatic rings. The third kappa shape index (κ3) is 3.75. The van der Waals surface area contributed by atoms with Crippen molar-refractivity contribution in [2.45, 2.75) is 39.7 Å². The monoisotopic (exact) mass is 301 g/mol. The van der Waals surface area contributed by atoms with Gasteiger partial charge in [-0.25, -0.2) is 4.98 Å². The number of aryl methyl sites for hydroxylation is 1. The third-order valence-electron chi connectivity index (χ3n) is 3.02. The Morgan fingerprint density at radius 1 is 1.18 bits per heavy atom. The Balaban J connectivity index is 2.10. The molecule has 2 heterocycles. The van der Waals surface area contributed by atoms with Gasteiger partial charge in [0.25, 0.3) is 11.5 Å². The summed E-state index contributed by atoms with van der Waals surface area (Å²) in [6, 6.07) is 0. The first-order chi connectivity index (χ1) is 10.3. The lowest BCUT2D eigenvalue weighted by atomic mass is 9.96. The number of carbonyl (C=O) groups excluding carboxylic acids is 1. The molecule has 0 saturated carbocycles. The van der Waals surface area contributed by atoms with Gasteiger partial charge in [-0.05, 0) is 6.92 Å². The molecule has 0 aromatic carbocycles. The van der Waals surface area contributed by atoms with Crippen molar-refractivity contribution in [3.05, 3.63) is 51.7 Å². The molecule has 0 radical (unpaired) electrons. The molecule has 7 nitrogen and oxygen atoms in total. The van der Waals surface area contributed by atoms with Gasteiger partial charge in [-0.2, -0.15) is 0 Å². The second-order valence-electron chi connectivity index (χ2n) is 6.06. The fourth-order valence-corrected chi connectivity index (χ4v) is 1.71. The van der Waals surface area contributed by atoms with Gasteiger partial charge in [0.05, 0.1) is 24.1 Å². The number of nitrogens with zero attached hydrogens (tertiary/aromatic N) is 3. The molecule has 2 N–H and O–H groups in total. The maximum absolute atomic E-state index is 12.0. The summed E-state index contributed by atoms with van der Waals surface area (Å²) in [5.41, 5.74) is 0.662. The van der Waals surface area contributed by atoms with Crippen LogP contribution in [-0.4, -0.2) is 25.8 Å². The van der Waals surface area contributed by atoms with E-state index in [0.717, 1.165) is 5.69 Å². The maximum Gasteiger partial charge on any atom is 0.263 e. The van der Waals surface area contributed by atoms with Gasteiger partial charge in [-0.15, -0.1) is 0 Å². The highest BCUT2D eigenvalue weighted by atomic mass is 16.2. The molecule has 0 spiro atoms. The summed E-state index contributed by atoms with van der Waals surface area (Å²) in [5, 5.41) is 2.63. The molecule has 0 fully saturated rings. The summed E-state index contributed by atoms with van der Waals surface area (Å²) >= 11 is 0. The van der Waals surface area contributed by atoms with E-state index in [1.165, 1.54) is 6.20 Å². The second-order valence-corrected chi connectivity index (χ2v) is 6.06. The van der Waals surface area contributed by atoms with Gasteiger partial charge in [0.2, 0.25) is 0 Å². The number of hydrogen-bond acceptors (Lipinski definition) is 5. The van der Waals surface area contributed by atoms with E-state index in [1.54, 1.807) is 12.4 Å². The van der Waals surface area contributed by atoms with Gasteiger partial charge < -0.3 is 10.3 Å². The third-order valence-corrected chi connectivity index (χ3v) is 3.02. The van der Waals surface area contributed by atoms with Crippen molar-refractivity contribution in [2.24, 2.45) is 0 Å². The molecule has 22 heavy (non-hydrogen) atoms. The Labute approximate surface area is 128 Å². The number of hydrogen-bond donors (Lipinski definition) is 2. The predicted molar refractivity (Wildman–Crippen MR) is 81.5 cm³/mol. The molecule has 0 saturated heterocycles. The highest BCUT2D eigenvalue weighted by Crippen LogP contribution is 2.15. The minimum atomic E-state index is -0.489. The highest BCUT2D eigenvalue weighted by Gasteiger charge is 2.19. The molecule has 2 aromatic heterocycles. The zero-order valence-corrected chi connectivity index (χ0v) is 13.1. The molecular formula is C15H19N5O2. The summed E-state index contributed by atoms with van der Waals surface area (Å²) in [4.78, 5) is 39.1. The summed E-state index contributed by atoms with van der Waals surface area (Å²) in [6.07, 6.45) is 4.50. The summed E-state index contributed by atoms with van der Waals surface area (Å²) in [7, 11) is 0. The van der Waals surface area contributed by atoms with Crippen molar-refractivity contribution in [1.29, 1.82) is 0 Å². The number of amides is 1. The number of carbonyl (C=O) groups is 1. The van der Waals surface area contributed by atoms with Crippen molar-refractivity contribution in [3.8, 4) is 0 Å². The average molecular weight is 301 g/mol. The number of nitrogens with one attached hydrogen (secondary N) is 2. The molecule has 0 aliphatic carbocycles. The smallest absolute Gasteiger partial charge is 0.263 e. The van der Waals surface area contributed by atoms with Crippen LogP contribution in [0.4, 0.5) is 0 Å². The van der Waals surface area contributed by atoms with Crippen LogP contribution >= 0.6 is 0 Å². The zero-order valence-electron chi connectivity index (χ0n) is 13.1. The quantitative estimate of drug-likeness (QED) is 0.884. The Morgan fingerprint density at radius 2 is 1.91 bits per heavy atom. The first kappa shape index (κ1) is 15.8. The minimum Gasteiger partial charge on any atom is -0.346 e. The van der Waals surface area contributed by atoms with Crippen molar-refractivity contribution in [2.75, 3.05) is 0 Å². The van der Waals surface area contributed by atoms with Crippen LogP contribution in [0.5, 0.6) is 0 Å². The van der Waals surface area contributed by atoms with Crippen LogP contribution in [0.15, 0.2) is 23.4 Å².